The predicted molar refractivity (Wildman–Crippen MR) is 154 cm³/mol. The molecular formula is C34H55NO2. The molecule has 4 aliphatic rings. The van der Waals surface area contributed by atoms with E-state index in [1.807, 2.05) is 19.0 Å². The van der Waals surface area contributed by atoms with E-state index < -0.39 is 0 Å². The number of likely N-dealkylation sites (N-methyl/N-ethyl adjacent to an activating group) is 1. The monoisotopic (exact) mass is 509 g/mol. The van der Waals surface area contributed by atoms with Crippen LogP contribution in [-0.4, -0.2) is 37.6 Å². The van der Waals surface area contributed by atoms with Gasteiger partial charge in [0.2, 0.25) is 0 Å². The maximum atomic E-state index is 12.6. The summed E-state index contributed by atoms with van der Waals surface area (Å²) >= 11 is 0. The van der Waals surface area contributed by atoms with Gasteiger partial charge in [-0.15, -0.1) is 12.3 Å². The van der Waals surface area contributed by atoms with E-state index in [9.17, 15) is 4.79 Å². The molecule has 0 spiro atoms. The standard InChI is InChI=1S/C34H55NO2/c1-9-25(12-10-11-23(2)3)29-15-16-30-28-14-13-26-21-27(37-32(36)24(4)22-35(7)8)17-19-33(26,5)31(28)18-20-34(29,30)6/h1,23,25-31H,4,10-22H2,2-3,5-8H3/t25-,26?,27+,28?,29-,30?,31?,33+,34-/m1/s1. The summed E-state index contributed by atoms with van der Waals surface area (Å²) in [6.45, 7) is 14.4. The van der Waals surface area contributed by atoms with Gasteiger partial charge in [0.1, 0.15) is 6.10 Å². The molecule has 0 aliphatic heterocycles. The van der Waals surface area contributed by atoms with Gasteiger partial charge in [-0.25, -0.2) is 4.79 Å². The van der Waals surface area contributed by atoms with E-state index in [0.29, 0.717) is 40.7 Å². The van der Waals surface area contributed by atoms with Crippen LogP contribution in [0.15, 0.2) is 12.2 Å². The van der Waals surface area contributed by atoms with Crippen molar-refractivity contribution in [3.8, 4) is 12.3 Å². The Balaban J connectivity index is 1.40. The molecule has 3 heteroatoms. The molecule has 0 aromatic carbocycles. The molecule has 0 radical (unpaired) electrons. The average molecular weight is 510 g/mol. The number of ether oxygens (including phenoxy) is 1. The molecule has 0 N–H and O–H groups in total. The van der Waals surface area contributed by atoms with Gasteiger partial charge >= 0.3 is 5.97 Å². The average Bonchev–Trinajstić information content (AvgIpc) is 3.18. The van der Waals surface area contributed by atoms with E-state index in [4.69, 9.17) is 11.2 Å². The molecule has 37 heavy (non-hydrogen) atoms. The Labute approximate surface area is 228 Å². The van der Waals surface area contributed by atoms with E-state index in [2.05, 4.69) is 40.2 Å². The van der Waals surface area contributed by atoms with E-state index in [1.165, 1.54) is 64.2 Å². The number of terminal acetylenes is 1. The van der Waals surface area contributed by atoms with Crippen molar-refractivity contribution in [2.75, 3.05) is 20.6 Å². The molecule has 0 heterocycles. The SMILES string of the molecule is C#C[C@H](CCCC(C)C)[C@H]1CCC2C3CCC4C[C@@H](OC(=O)C(=C)CN(C)C)CC[C@]4(C)C3CC[C@@]21C. The van der Waals surface area contributed by atoms with Gasteiger partial charge in [0, 0.05) is 18.0 Å². The first-order valence-electron chi connectivity index (χ1n) is 15.5. The van der Waals surface area contributed by atoms with Crippen molar-refractivity contribution in [2.24, 2.45) is 52.3 Å². The van der Waals surface area contributed by atoms with Crippen LogP contribution >= 0.6 is 0 Å². The Kier molecular flexibility index (Phi) is 8.90. The smallest absolute Gasteiger partial charge is 0.334 e. The summed E-state index contributed by atoms with van der Waals surface area (Å²) in [5.41, 5.74) is 1.40. The summed E-state index contributed by atoms with van der Waals surface area (Å²) < 4.78 is 5.99. The second-order valence-electron chi connectivity index (χ2n) is 14.6. The molecule has 4 rings (SSSR count). The van der Waals surface area contributed by atoms with Crippen LogP contribution in [0.3, 0.4) is 0 Å². The zero-order valence-electron chi connectivity index (χ0n) is 24.9. The number of carbonyl (C=O) groups is 1. The first kappa shape index (κ1) is 28.7. The first-order chi connectivity index (χ1) is 17.5. The molecule has 4 saturated carbocycles. The topological polar surface area (TPSA) is 29.5 Å². The summed E-state index contributed by atoms with van der Waals surface area (Å²) in [6.07, 6.45) is 21.4. The third kappa shape index (κ3) is 5.71. The zero-order chi connectivity index (χ0) is 27.0. The lowest BCUT2D eigenvalue weighted by molar-refractivity contribution is -0.159. The zero-order valence-corrected chi connectivity index (χ0v) is 24.9. The molecule has 4 unspecified atom stereocenters. The number of carbonyl (C=O) groups excluding carboxylic acids is 1. The molecular weight excluding hydrogens is 454 g/mol. The van der Waals surface area contributed by atoms with Crippen molar-refractivity contribution >= 4 is 5.97 Å². The number of esters is 1. The minimum atomic E-state index is -0.196. The van der Waals surface area contributed by atoms with Crippen molar-refractivity contribution in [2.45, 2.75) is 111 Å². The molecule has 0 bridgehead atoms. The van der Waals surface area contributed by atoms with E-state index in [-0.39, 0.29) is 12.1 Å². The van der Waals surface area contributed by atoms with Gasteiger partial charge in [-0.1, -0.05) is 47.1 Å². The van der Waals surface area contributed by atoms with E-state index in [1.54, 1.807) is 0 Å². The highest BCUT2D eigenvalue weighted by atomic mass is 16.5. The van der Waals surface area contributed by atoms with E-state index in [0.717, 1.165) is 36.5 Å². The van der Waals surface area contributed by atoms with Crippen molar-refractivity contribution in [1.29, 1.82) is 0 Å². The Morgan fingerprint density at radius 3 is 2.41 bits per heavy atom. The fourth-order valence-corrected chi connectivity index (χ4v) is 9.85. The fourth-order valence-electron chi connectivity index (χ4n) is 9.85. The van der Waals surface area contributed by atoms with Crippen molar-refractivity contribution in [3.05, 3.63) is 12.2 Å². The van der Waals surface area contributed by atoms with Crippen LogP contribution in [0.5, 0.6) is 0 Å². The largest absolute Gasteiger partial charge is 0.459 e. The minimum Gasteiger partial charge on any atom is -0.459 e. The summed E-state index contributed by atoms with van der Waals surface area (Å²) in [7, 11) is 3.93. The van der Waals surface area contributed by atoms with Crippen LogP contribution in [0, 0.1) is 64.6 Å². The molecule has 0 saturated heterocycles. The molecule has 4 fully saturated rings. The van der Waals surface area contributed by atoms with Gasteiger partial charge in [-0.3, -0.25) is 0 Å². The third-order valence-electron chi connectivity index (χ3n) is 11.8. The molecule has 4 aliphatic carbocycles. The number of rotatable bonds is 9. The molecule has 0 aromatic heterocycles. The minimum absolute atomic E-state index is 0.0629. The van der Waals surface area contributed by atoms with Crippen LogP contribution in [-0.2, 0) is 9.53 Å². The van der Waals surface area contributed by atoms with Crippen LogP contribution < -0.4 is 0 Å². The van der Waals surface area contributed by atoms with Gasteiger partial charge in [0.15, 0.2) is 0 Å². The predicted octanol–water partition coefficient (Wildman–Crippen LogP) is 7.75. The molecule has 9 atom stereocenters. The second kappa shape index (κ2) is 11.5. The highest BCUT2D eigenvalue weighted by Crippen LogP contribution is 2.68. The number of hydrogen-bond acceptors (Lipinski definition) is 3. The maximum Gasteiger partial charge on any atom is 0.334 e. The fraction of sp³-hybridized carbons (Fsp3) is 0.853. The Morgan fingerprint density at radius 1 is 1.03 bits per heavy atom. The highest BCUT2D eigenvalue weighted by molar-refractivity contribution is 5.88. The van der Waals surface area contributed by atoms with Gasteiger partial charge in [-0.05, 0) is 125 Å². The Hall–Kier alpha value is -1.27. The van der Waals surface area contributed by atoms with Crippen molar-refractivity contribution in [1.82, 2.24) is 4.90 Å². The highest BCUT2D eigenvalue weighted by Gasteiger charge is 2.61. The van der Waals surface area contributed by atoms with Crippen molar-refractivity contribution < 1.29 is 9.53 Å². The molecule has 0 aromatic rings. The number of nitrogens with zero attached hydrogens (tertiary/aromatic N) is 1. The molecule has 3 nitrogen and oxygen atoms in total. The maximum absolute atomic E-state index is 12.6. The van der Waals surface area contributed by atoms with Crippen LogP contribution in [0.25, 0.3) is 0 Å². The van der Waals surface area contributed by atoms with E-state index >= 15 is 0 Å². The van der Waals surface area contributed by atoms with Gasteiger partial charge in [0.05, 0.1) is 0 Å². The van der Waals surface area contributed by atoms with Gasteiger partial charge in [0.25, 0.3) is 0 Å². The summed E-state index contributed by atoms with van der Waals surface area (Å²) in [5.74, 6) is 8.25. The Morgan fingerprint density at radius 2 is 1.73 bits per heavy atom. The lowest BCUT2D eigenvalue weighted by atomic mass is 9.44. The summed E-state index contributed by atoms with van der Waals surface area (Å²) in [5, 5.41) is 0. The summed E-state index contributed by atoms with van der Waals surface area (Å²) in [6, 6.07) is 0. The van der Waals surface area contributed by atoms with Gasteiger partial charge in [-0.2, -0.15) is 0 Å². The number of hydrogen-bond donors (Lipinski definition) is 0. The lowest BCUT2D eigenvalue weighted by Gasteiger charge is -2.61. The summed E-state index contributed by atoms with van der Waals surface area (Å²) in [4.78, 5) is 14.6. The first-order valence-corrected chi connectivity index (χ1v) is 15.5. The molecule has 0 amide bonds. The molecule has 208 valence electrons. The van der Waals surface area contributed by atoms with Crippen LogP contribution in [0.1, 0.15) is 105 Å². The lowest BCUT2D eigenvalue weighted by Crippen LogP contribution is -2.54. The number of fused-ring (bicyclic) bond motifs is 5. The third-order valence-corrected chi connectivity index (χ3v) is 11.8. The normalized spacial score (nSPS) is 39.9. The van der Waals surface area contributed by atoms with Crippen LogP contribution in [0.2, 0.25) is 0 Å². The van der Waals surface area contributed by atoms with Crippen LogP contribution in [0.4, 0.5) is 0 Å². The second-order valence-corrected chi connectivity index (χ2v) is 14.6. The van der Waals surface area contributed by atoms with Gasteiger partial charge < -0.3 is 9.64 Å². The van der Waals surface area contributed by atoms with Crippen molar-refractivity contribution in [3.63, 3.8) is 0 Å². The Bertz CT molecular complexity index is 870. The quantitative estimate of drug-likeness (QED) is 0.181.